The molecule has 5 nitrogen and oxygen atoms in total. The van der Waals surface area contributed by atoms with Crippen LogP contribution in [-0.4, -0.2) is 39.4 Å². The molecule has 0 aliphatic carbocycles. The number of carbonyl (C=O) groups excluding carboxylic acids is 1. The van der Waals surface area contributed by atoms with Crippen molar-refractivity contribution in [2.45, 2.75) is 19.1 Å². The highest BCUT2D eigenvalue weighted by Gasteiger charge is 2.22. The molecule has 0 atom stereocenters. The lowest BCUT2D eigenvalue weighted by Crippen LogP contribution is -2.41. The zero-order valence-electron chi connectivity index (χ0n) is 16.3. The topological polar surface area (TPSA) is 66.5 Å². The van der Waals surface area contributed by atoms with Crippen LogP contribution in [0.25, 0.3) is 0 Å². The molecule has 1 N–H and O–H groups in total. The second-order valence-corrected chi connectivity index (χ2v) is 10.5. The zero-order valence-corrected chi connectivity index (χ0v) is 19.5. The van der Waals surface area contributed by atoms with Crippen molar-refractivity contribution in [2.24, 2.45) is 0 Å². The highest BCUT2D eigenvalue weighted by molar-refractivity contribution is 7.98. The monoisotopic (exact) mass is 474 g/mol. The Morgan fingerprint density at radius 1 is 1.14 bits per heavy atom. The molecule has 9 heteroatoms. The van der Waals surface area contributed by atoms with Gasteiger partial charge in [0.2, 0.25) is 15.9 Å². The number of nitrogens with one attached hydrogen (secondary N) is 1. The summed E-state index contributed by atoms with van der Waals surface area (Å²) in [7, 11) is -3.63. The molecule has 0 aliphatic heterocycles. The maximum absolute atomic E-state index is 12.3. The second kappa shape index (κ2) is 11.1. The van der Waals surface area contributed by atoms with Gasteiger partial charge in [0.15, 0.2) is 0 Å². The quantitative estimate of drug-likeness (QED) is 0.514. The smallest absolute Gasteiger partial charge is 0.240 e. The molecule has 0 saturated carbocycles. The Bertz CT molecular complexity index is 952. The molecule has 0 heterocycles. The average Bonchev–Trinajstić information content (AvgIpc) is 2.64. The maximum Gasteiger partial charge on any atom is 0.240 e. The molecule has 2 aromatic rings. The lowest BCUT2D eigenvalue weighted by molar-refractivity contribution is -0.119. The van der Waals surface area contributed by atoms with Gasteiger partial charge in [0, 0.05) is 22.3 Å². The van der Waals surface area contributed by atoms with Crippen molar-refractivity contribution in [3.8, 4) is 0 Å². The highest BCUT2D eigenvalue weighted by atomic mass is 35.5. The summed E-state index contributed by atoms with van der Waals surface area (Å²) in [5.41, 5.74) is 2.30. The minimum atomic E-state index is -3.63. The number of amides is 1. The first-order valence-electron chi connectivity index (χ1n) is 8.99. The molecule has 0 aromatic heterocycles. The number of thioether (sulfide) groups is 1. The first-order valence-corrected chi connectivity index (χ1v) is 12.8. The molecule has 0 bridgehead atoms. The van der Waals surface area contributed by atoms with E-state index in [1.165, 1.54) is 0 Å². The van der Waals surface area contributed by atoms with E-state index in [0.717, 1.165) is 44.6 Å². The van der Waals surface area contributed by atoms with Crippen LogP contribution in [0.3, 0.4) is 0 Å². The van der Waals surface area contributed by atoms with Crippen molar-refractivity contribution >= 4 is 56.6 Å². The Balaban J connectivity index is 1.81. The van der Waals surface area contributed by atoms with E-state index >= 15 is 0 Å². The summed E-state index contributed by atoms with van der Waals surface area (Å²) >= 11 is 13.7. The fourth-order valence-electron chi connectivity index (χ4n) is 2.64. The van der Waals surface area contributed by atoms with Crippen LogP contribution >= 0.6 is 35.0 Å². The number of anilines is 1. The summed E-state index contributed by atoms with van der Waals surface area (Å²) in [6.07, 6.45) is 1.86. The SMILES string of the molecule is Cc1ccc(Cl)cc1N(CC(=O)NCCCSCc1cccc(Cl)c1)S(C)(=O)=O. The van der Waals surface area contributed by atoms with Gasteiger partial charge in [-0.2, -0.15) is 11.8 Å². The van der Waals surface area contributed by atoms with Crippen LogP contribution in [0.5, 0.6) is 0 Å². The van der Waals surface area contributed by atoms with Crippen molar-refractivity contribution in [3.05, 3.63) is 63.6 Å². The molecule has 0 radical (unpaired) electrons. The number of aryl methyl sites for hydroxylation is 1. The largest absolute Gasteiger partial charge is 0.354 e. The van der Waals surface area contributed by atoms with E-state index in [2.05, 4.69) is 5.32 Å². The van der Waals surface area contributed by atoms with Gasteiger partial charge in [-0.3, -0.25) is 9.10 Å². The number of hydrogen-bond donors (Lipinski definition) is 1. The average molecular weight is 475 g/mol. The fraction of sp³-hybridized carbons (Fsp3) is 0.350. The minimum Gasteiger partial charge on any atom is -0.354 e. The third-order valence-electron chi connectivity index (χ3n) is 4.07. The summed E-state index contributed by atoms with van der Waals surface area (Å²) < 4.78 is 25.5. The summed E-state index contributed by atoms with van der Waals surface area (Å²) in [5, 5.41) is 3.92. The fourth-order valence-corrected chi connectivity index (χ4v) is 4.83. The summed E-state index contributed by atoms with van der Waals surface area (Å²) in [6, 6.07) is 12.7. The van der Waals surface area contributed by atoms with Gasteiger partial charge >= 0.3 is 0 Å². The van der Waals surface area contributed by atoms with E-state index in [0.29, 0.717) is 17.3 Å². The molecule has 0 unspecified atom stereocenters. The predicted molar refractivity (Wildman–Crippen MR) is 124 cm³/mol. The Labute approximate surface area is 186 Å². The molecule has 2 aromatic carbocycles. The molecule has 0 spiro atoms. The minimum absolute atomic E-state index is 0.282. The normalized spacial score (nSPS) is 11.3. The number of hydrogen-bond acceptors (Lipinski definition) is 4. The van der Waals surface area contributed by atoms with Crippen LogP contribution in [0, 0.1) is 6.92 Å². The van der Waals surface area contributed by atoms with Crippen molar-refractivity contribution in [1.82, 2.24) is 5.32 Å². The number of nitrogens with zero attached hydrogens (tertiary/aromatic N) is 1. The van der Waals surface area contributed by atoms with Gasteiger partial charge in [-0.05, 0) is 54.5 Å². The van der Waals surface area contributed by atoms with Gasteiger partial charge in [-0.1, -0.05) is 41.4 Å². The standard InChI is InChI=1S/C20H24Cl2N2O3S2/c1-15-7-8-18(22)12-19(15)24(29(2,26)27)13-20(25)23-9-4-10-28-14-16-5-3-6-17(21)11-16/h3,5-8,11-12H,4,9-10,13-14H2,1-2H3,(H,23,25). The third kappa shape index (κ3) is 8.09. The summed E-state index contributed by atoms with van der Waals surface area (Å²) in [5.74, 6) is 1.37. The highest BCUT2D eigenvalue weighted by Crippen LogP contribution is 2.26. The van der Waals surface area contributed by atoms with Crippen molar-refractivity contribution < 1.29 is 13.2 Å². The summed E-state index contributed by atoms with van der Waals surface area (Å²) in [4.78, 5) is 12.3. The van der Waals surface area contributed by atoms with Gasteiger partial charge in [0.05, 0.1) is 11.9 Å². The zero-order chi connectivity index (χ0) is 21.4. The lowest BCUT2D eigenvalue weighted by atomic mass is 10.2. The molecule has 0 saturated heterocycles. The predicted octanol–water partition coefficient (Wildman–Crippen LogP) is 4.51. The van der Waals surface area contributed by atoms with Crippen LogP contribution in [0.1, 0.15) is 17.5 Å². The van der Waals surface area contributed by atoms with Crippen molar-refractivity contribution in [3.63, 3.8) is 0 Å². The molecular weight excluding hydrogens is 451 g/mol. The summed E-state index contributed by atoms with van der Waals surface area (Å²) in [6.45, 7) is 1.97. The van der Waals surface area contributed by atoms with E-state index in [1.54, 1.807) is 36.9 Å². The molecular formula is C20H24Cl2N2O3S2. The van der Waals surface area contributed by atoms with E-state index in [4.69, 9.17) is 23.2 Å². The van der Waals surface area contributed by atoms with Crippen LogP contribution in [0.15, 0.2) is 42.5 Å². The van der Waals surface area contributed by atoms with Crippen LogP contribution in [0.4, 0.5) is 5.69 Å². The Kier molecular flexibility index (Phi) is 9.14. The van der Waals surface area contributed by atoms with E-state index in [9.17, 15) is 13.2 Å². The Morgan fingerprint density at radius 3 is 2.55 bits per heavy atom. The van der Waals surface area contributed by atoms with Crippen LogP contribution in [-0.2, 0) is 20.6 Å². The first-order chi connectivity index (χ1) is 13.7. The Hall–Kier alpha value is -1.41. The van der Waals surface area contributed by atoms with E-state index in [-0.39, 0.29) is 12.5 Å². The van der Waals surface area contributed by atoms with Gasteiger partial charge < -0.3 is 5.32 Å². The van der Waals surface area contributed by atoms with Crippen molar-refractivity contribution in [1.29, 1.82) is 0 Å². The van der Waals surface area contributed by atoms with E-state index < -0.39 is 10.0 Å². The number of rotatable bonds is 10. The third-order valence-corrected chi connectivity index (χ3v) is 6.78. The Morgan fingerprint density at radius 2 is 1.86 bits per heavy atom. The number of halogens is 2. The van der Waals surface area contributed by atoms with Gasteiger partial charge in [0.1, 0.15) is 6.54 Å². The molecule has 1 amide bonds. The van der Waals surface area contributed by atoms with Crippen molar-refractivity contribution in [2.75, 3.05) is 29.4 Å². The molecule has 29 heavy (non-hydrogen) atoms. The number of sulfonamides is 1. The maximum atomic E-state index is 12.3. The molecule has 158 valence electrons. The van der Waals surface area contributed by atoms with Crippen LogP contribution in [0.2, 0.25) is 10.0 Å². The number of carbonyl (C=O) groups is 1. The second-order valence-electron chi connectivity index (χ2n) is 6.59. The van der Waals surface area contributed by atoms with E-state index in [1.807, 2.05) is 24.3 Å². The van der Waals surface area contributed by atoms with Gasteiger partial charge in [0.25, 0.3) is 0 Å². The first kappa shape index (κ1) is 23.9. The van der Waals surface area contributed by atoms with Gasteiger partial charge in [-0.15, -0.1) is 0 Å². The number of benzene rings is 2. The van der Waals surface area contributed by atoms with Gasteiger partial charge in [-0.25, -0.2) is 8.42 Å². The molecule has 2 rings (SSSR count). The van der Waals surface area contributed by atoms with Crippen LogP contribution < -0.4 is 9.62 Å². The molecule has 0 fully saturated rings. The molecule has 0 aliphatic rings. The lowest BCUT2D eigenvalue weighted by Gasteiger charge is -2.23.